The van der Waals surface area contributed by atoms with E-state index in [1.165, 1.54) is 12.1 Å². The number of hydrogen-bond donors (Lipinski definition) is 0. The van der Waals surface area contributed by atoms with Crippen LogP contribution in [0.3, 0.4) is 0 Å². The van der Waals surface area contributed by atoms with Gasteiger partial charge >= 0.3 is 0 Å². The van der Waals surface area contributed by atoms with Crippen molar-refractivity contribution in [2.24, 2.45) is 0 Å². The minimum Gasteiger partial charge on any atom is -0.451 e. The summed E-state index contributed by atoms with van der Waals surface area (Å²) in [6.45, 7) is 1.55. The number of rotatable bonds is 2. The van der Waals surface area contributed by atoms with Crippen LogP contribution in [0.2, 0.25) is 5.02 Å². The molecule has 0 atom stereocenters. The number of ether oxygens (including phenoxy) is 1. The Kier molecular flexibility index (Phi) is 3.48. The third-order valence-electron chi connectivity index (χ3n) is 2.25. The monoisotopic (exact) mass is 272 g/mol. The lowest BCUT2D eigenvalue weighted by Crippen LogP contribution is -1.94. The van der Waals surface area contributed by atoms with Crippen LogP contribution in [0.25, 0.3) is 0 Å². The molecule has 1 nitrogen and oxygen atoms in total. The molecule has 2 aromatic rings. The highest BCUT2D eigenvalue weighted by Crippen LogP contribution is 2.30. The average molecular weight is 273 g/mol. The molecule has 0 heterocycles. The zero-order chi connectivity index (χ0) is 13.3. The summed E-state index contributed by atoms with van der Waals surface area (Å²) < 4.78 is 45.1. The molecule has 94 valence electrons. The van der Waals surface area contributed by atoms with Crippen molar-refractivity contribution in [1.29, 1.82) is 0 Å². The Balaban J connectivity index is 2.37. The third-order valence-corrected chi connectivity index (χ3v) is 2.56. The zero-order valence-electron chi connectivity index (χ0n) is 9.31. The second-order valence-electron chi connectivity index (χ2n) is 3.74. The molecule has 0 saturated heterocycles. The first-order valence-corrected chi connectivity index (χ1v) is 5.43. The molecule has 0 N–H and O–H groups in total. The maximum Gasteiger partial charge on any atom is 0.198 e. The predicted octanol–water partition coefficient (Wildman–Crippen LogP) is 4.86. The van der Waals surface area contributed by atoms with Crippen LogP contribution in [0.15, 0.2) is 30.3 Å². The molecule has 0 amide bonds. The normalized spacial score (nSPS) is 10.5. The molecule has 0 saturated carbocycles. The van der Waals surface area contributed by atoms with Crippen LogP contribution in [0.4, 0.5) is 13.2 Å². The van der Waals surface area contributed by atoms with E-state index in [1.54, 1.807) is 6.92 Å². The second kappa shape index (κ2) is 4.90. The van der Waals surface area contributed by atoms with Crippen molar-refractivity contribution in [1.82, 2.24) is 0 Å². The van der Waals surface area contributed by atoms with Gasteiger partial charge in [0.05, 0.1) is 5.02 Å². The predicted molar refractivity (Wildman–Crippen MR) is 62.6 cm³/mol. The number of benzene rings is 2. The van der Waals surface area contributed by atoms with Gasteiger partial charge in [-0.3, -0.25) is 0 Å². The fourth-order valence-electron chi connectivity index (χ4n) is 1.44. The standard InChI is InChI=1S/C13H8ClF3O/c1-7-4-11(16)13(12(17)5-7)18-8-2-3-9(14)10(15)6-8/h2-6H,1H3. The van der Waals surface area contributed by atoms with E-state index in [-0.39, 0.29) is 10.8 Å². The van der Waals surface area contributed by atoms with Crippen molar-refractivity contribution in [3.8, 4) is 11.5 Å². The van der Waals surface area contributed by atoms with Crippen LogP contribution in [-0.2, 0) is 0 Å². The SMILES string of the molecule is Cc1cc(F)c(Oc2ccc(Cl)c(F)c2)c(F)c1. The summed E-state index contributed by atoms with van der Waals surface area (Å²) in [4.78, 5) is 0. The van der Waals surface area contributed by atoms with Crippen molar-refractivity contribution in [2.45, 2.75) is 6.92 Å². The Morgan fingerprint density at radius 1 is 0.944 bits per heavy atom. The lowest BCUT2D eigenvalue weighted by molar-refractivity contribution is 0.404. The second-order valence-corrected chi connectivity index (χ2v) is 4.14. The Bertz CT molecular complexity index is 576. The van der Waals surface area contributed by atoms with Gasteiger partial charge in [0.1, 0.15) is 11.6 Å². The molecule has 0 spiro atoms. The van der Waals surface area contributed by atoms with Crippen LogP contribution in [0.1, 0.15) is 5.56 Å². The van der Waals surface area contributed by atoms with Crippen LogP contribution in [-0.4, -0.2) is 0 Å². The molecular weight excluding hydrogens is 265 g/mol. The van der Waals surface area contributed by atoms with Gasteiger partial charge in [-0.15, -0.1) is 0 Å². The van der Waals surface area contributed by atoms with Crippen LogP contribution in [0, 0.1) is 24.4 Å². The van der Waals surface area contributed by atoms with E-state index in [2.05, 4.69) is 0 Å². The van der Waals surface area contributed by atoms with Gasteiger partial charge in [0.15, 0.2) is 17.4 Å². The molecule has 0 aliphatic rings. The van der Waals surface area contributed by atoms with Crippen molar-refractivity contribution in [3.63, 3.8) is 0 Å². The Morgan fingerprint density at radius 3 is 2.11 bits per heavy atom. The van der Waals surface area contributed by atoms with E-state index >= 15 is 0 Å². The molecule has 18 heavy (non-hydrogen) atoms. The number of aryl methyl sites for hydroxylation is 1. The maximum atomic E-state index is 13.5. The highest BCUT2D eigenvalue weighted by molar-refractivity contribution is 6.30. The molecule has 2 aromatic carbocycles. The fourth-order valence-corrected chi connectivity index (χ4v) is 1.56. The third kappa shape index (κ3) is 2.59. The first-order chi connectivity index (χ1) is 8.47. The quantitative estimate of drug-likeness (QED) is 0.759. The average Bonchev–Trinajstić information content (AvgIpc) is 2.28. The van der Waals surface area contributed by atoms with Crippen LogP contribution in [0.5, 0.6) is 11.5 Å². The Labute approximate surface area is 107 Å². The number of hydrogen-bond acceptors (Lipinski definition) is 1. The highest BCUT2D eigenvalue weighted by Gasteiger charge is 2.13. The zero-order valence-corrected chi connectivity index (χ0v) is 10.1. The summed E-state index contributed by atoms with van der Waals surface area (Å²) in [7, 11) is 0. The van der Waals surface area contributed by atoms with Gasteiger partial charge in [-0.05, 0) is 36.8 Å². The molecule has 0 unspecified atom stereocenters. The van der Waals surface area contributed by atoms with Crippen molar-refractivity contribution >= 4 is 11.6 Å². The lowest BCUT2D eigenvalue weighted by atomic mass is 10.2. The summed E-state index contributed by atoms with van der Waals surface area (Å²) in [6, 6.07) is 5.79. The van der Waals surface area contributed by atoms with E-state index in [0.29, 0.717) is 5.56 Å². The summed E-state index contributed by atoms with van der Waals surface area (Å²) in [5.41, 5.74) is 0.430. The van der Waals surface area contributed by atoms with E-state index in [9.17, 15) is 13.2 Å². The van der Waals surface area contributed by atoms with Crippen molar-refractivity contribution in [3.05, 3.63) is 58.4 Å². The highest BCUT2D eigenvalue weighted by atomic mass is 35.5. The topological polar surface area (TPSA) is 9.23 Å². The molecular formula is C13H8ClF3O. The molecule has 2 rings (SSSR count). The molecule has 0 aliphatic carbocycles. The molecule has 0 radical (unpaired) electrons. The first-order valence-electron chi connectivity index (χ1n) is 5.06. The summed E-state index contributed by atoms with van der Waals surface area (Å²) in [6.07, 6.45) is 0. The minimum atomic E-state index is -0.845. The minimum absolute atomic E-state index is 0.0291. The molecule has 0 aliphatic heterocycles. The Morgan fingerprint density at radius 2 is 1.56 bits per heavy atom. The van der Waals surface area contributed by atoms with Gasteiger partial charge in [-0.1, -0.05) is 11.6 Å². The van der Waals surface area contributed by atoms with Gasteiger partial charge in [0.25, 0.3) is 0 Å². The fraction of sp³-hybridized carbons (Fsp3) is 0.0769. The van der Waals surface area contributed by atoms with Gasteiger partial charge < -0.3 is 4.74 Å². The van der Waals surface area contributed by atoms with Crippen LogP contribution >= 0.6 is 11.6 Å². The summed E-state index contributed by atoms with van der Waals surface area (Å²) in [5, 5.41) is -0.0906. The van der Waals surface area contributed by atoms with Gasteiger partial charge in [0.2, 0.25) is 0 Å². The van der Waals surface area contributed by atoms with E-state index in [1.807, 2.05) is 0 Å². The van der Waals surface area contributed by atoms with Gasteiger partial charge in [-0.2, -0.15) is 0 Å². The van der Waals surface area contributed by atoms with Crippen molar-refractivity contribution < 1.29 is 17.9 Å². The van der Waals surface area contributed by atoms with Gasteiger partial charge in [0, 0.05) is 6.07 Å². The molecule has 0 aromatic heterocycles. The molecule has 0 bridgehead atoms. The Hall–Kier alpha value is -1.68. The molecule has 0 fully saturated rings. The summed E-state index contributed by atoms with van der Waals surface area (Å²) in [5.74, 6) is -3.01. The smallest absolute Gasteiger partial charge is 0.198 e. The van der Waals surface area contributed by atoms with Crippen LogP contribution < -0.4 is 4.74 Å². The van der Waals surface area contributed by atoms with E-state index < -0.39 is 23.2 Å². The van der Waals surface area contributed by atoms with E-state index in [0.717, 1.165) is 18.2 Å². The largest absolute Gasteiger partial charge is 0.451 e. The first kappa shape index (κ1) is 12.8. The van der Waals surface area contributed by atoms with E-state index in [4.69, 9.17) is 16.3 Å². The maximum absolute atomic E-state index is 13.5. The van der Waals surface area contributed by atoms with Crippen molar-refractivity contribution in [2.75, 3.05) is 0 Å². The summed E-state index contributed by atoms with van der Waals surface area (Å²) >= 11 is 5.49. The number of halogens is 4. The lowest BCUT2D eigenvalue weighted by Gasteiger charge is -2.09. The molecule has 5 heteroatoms. The van der Waals surface area contributed by atoms with Gasteiger partial charge in [-0.25, -0.2) is 13.2 Å².